The normalized spacial score (nSPS) is 11.6. The summed E-state index contributed by atoms with van der Waals surface area (Å²) in [5, 5.41) is 0.557. The molecule has 0 N–H and O–H groups in total. The average molecular weight is 504 g/mol. The lowest BCUT2D eigenvalue weighted by molar-refractivity contribution is 0.101. The van der Waals surface area contributed by atoms with Crippen LogP contribution in [-0.4, -0.2) is 27.2 Å². The number of ether oxygens (including phenoxy) is 1. The Morgan fingerprint density at radius 3 is 2.56 bits per heavy atom. The number of para-hydroxylation sites is 1. The van der Waals surface area contributed by atoms with Gasteiger partial charge in [0.15, 0.2) is 17.1 Å². The molecule has 1 amide bonds. The number of amides is 1. The van der Waals surface area contributed by atoms with Gasteiger partial charge < -0.3 is 9.15 Å². The number of nitrogens with zero attached hydrogens (tertiary/aromatic N) is 1. The van der Waals surface area contributed by atoms with Crippen LogP contribution >= 0.6 is 11.6 Å². The van der Waals surface area contributed by atoms with E-state index in [1.165, 1.54) is 37.4 Å². The topological polar surface area (TPSA) is 93.9 Å². The van der Waals surface area contributed by atoms with E-state index in [2.05, 4.69) is 0 Å². The highest BCUT2D eigenvalue weighted by atomic mass is 35.5. The van der Waals surface area contributed by atoms with Crippen LogP contribution in [-0.2, 0) is 10.0 Å². The molecule has 0 aliphatic rings. The van der Waals surface area contributed by atoms with Gasteiger partial charge in [-0.25, -0.2) is 17.1 Å². The molecule has 7 nitrogen and oxygen atoms in total. The molecule has 0 fully saturated rings. The molecule has 0 aliphatic heterocycles. The number of fused-ring (bicyclic) bond motifs is 2. The zero-order valence-corrected chi connectivity index (χ0v) is 19.7. The predicted molar refractivity (Wildman–Crippen MR) is 129 cm³/mol. The highest BCUT2D eigenvalue weighted by molar-refractivity contribution is 7.93. The van der Waals surface area contributed by atoms with Crippen molar-refractivity contribution < 1.29 is 26.8 Å². The van der Waals surface area contributed by atoms with Gasteiger partial charge in [-0.15, -0.1) is 0 Å². The summed E-state index contributed by atoms with van der Waals surface area (Å²) in [5.74, 6) is -2.21. The van der Waals surface area contributed by atoms with Crippen molar-refractivity contribution in [1.82, 2.24) is 0 Å². The molecule has 176 valence electrons. The van der Waals surface area contributed by atoms with Crippen molar-refractivity contribution in [1.29, 1.82) is 0 Å². The Kier molecular flexibility index (Phi) is 6.33. The number of hydrogen-bond donors (Lipinski definition) is 0. The molecule has 0 atom stereocenters. The quantitative estimate of drug-likeness (QED) is 0.338. The van der Waals surface area contributed by atoms with Gasteiger partial charge in [-0.3, -0.25) is 9.59 Å². The van der Waals surface area contributed by atoms with Gasteiger partial charge in [-0.05, 0) is 48.9 Å². The van der Waals surface area contributed by atoms with Crippen LogP contribution in [0.25, 0.3) is 21.9 Å². The second-order valence-electron chi connectivity index (χ2n) is 7.46. The van der Waals surface area contributed by atoms with Crippen molar-refractivity contribution in [3.8, 4) is 5.75 Å². The van der Waals surface area contributed by atoms with Gasteiger partial charge in [0.2, 0.25) is 15.5 Å². The second kappa shape index (κ2) is 9.08. The lowest BCUT2D eigenvalue weighted by Crippen LogP contribution is -2.38. The molecule has 0 spiro atoms. The molecule has 0 aliphatic carbocycles. The monoisotopic (exact) mass is 503 g/mol. The standard InChI is InChI=1S/C24H19ClFNO6S/c1-3-11-34(30,31)27(15-8-10-21(32-2)19(26)13-15)24(29)14-7-9-20-17(12-14)22(28)16-5-4-6-18(25)23(16)33-20/h4-10,12-13H,3,11H2,1-2H3. The number of anilines is 1. The van der Waals surface area contributed by atoms with Crippen molar-refractivity contribution in [3.05, 3.63) is 81.2 Å². The molecule has 0 saturated heterocycles. The number of methoxy groups -OCH3 is 1. The van der Waals surface area contributed by atoms with E-state index in [-0.39, 0.29) is 56.1 Å². The van der Waals surface area contributed by atoms with Crippen LogP contribution < -0.4 is 14.5 Å². The first-order valence-electron chi connectivity index (χ1n) is 10.2. The molecule has 4 rings (SSSR count). The summed E-state index contributed by atoms with van der Waals surface area (Å²) in [6.45, 7) is 1.65. The van der Waals surface area contributed by atoms with Crippen LogP contribution in [0, 0.1) is 5.82 Å². The lowest BCUT2D eigenvalue weighted by atomic mass is 10.1. The maximum atomic E-state index is 14.4. The van der Waals surface area contributed by atoms with E-state index in [9.17, 15) is 22.4 Å². The van der Waals surface area contributed by atoms with E-state index in [4.69, 9.17) is 20.8 Å². The minimum atomic E-state index is -4.16. The highest BCUT2D eigenvalue weighted by Gasteiger charge is 2.30. The van der Waals surface area contributed by atoms with Gasteiger partial charge in [0.25, 0.3) is 5.91 Å². The van der Waals surface area contributed by atoms with E-state index >= 15 is 0 Å². The largest absolute Gasteiger partial charge is 0.494 e. The molecule has 0 radical (unpaired) electrons. The SMILES string of the molecule is CCCS(=O)(=O)N(C(=O)c1ccc2oc3c(Cl)cccc3c(=O)c2c1)c1ccc(OC)c(F)c1. The summed E-state index contributed by atoms with van der Waals surface area (Å²) < 4.78 is 51.6. The Balaban J connectivity index is 1.89. The van der Waals surface area contributed by atoms with E-state index in [1.54, 1.807) is 25.1 Å². The molecule has 1 aromatic heterocycles. The van der Waals surface area contributed by atoms with Gasteiger partial charge in [0.05, 0.1) is 34.3 Å². The van der Waals surface area contributed by atoms with Crippen molar-refractivity contribution >= 4 is 55.2 Å². The van der Waals surface area contributed by atoms with E-state index in [0.717, 1.165) is 6.07 Å². The zero-order chi connectivity index (χ0) is 24.6. The Morgan fingerprint density at radius 1 is 1.12 bits per heavy atom. The number of halogens is 2. The summed E-state index contributed by atoms with van der Waals surface area (Å²) in [5.41, 5.74) is -0.305. The Bertz CT molecular complexity index is 1600. The molecule has 0 bridgehead atoms. The van der Waals surface area contributed by atoms with Crippen LogP contribution in [0.5, 0.6) is 5.75 Å². The number of sulfonamides is 1. The van der Waals surface area contributed by atoms with Crippen LogP contribution in [0.1, 0.15) is 23.7 Å². The van der Waals surface area contributed by atoms with Crippen LogP contribution in [0.2, 0.25) is 5.02 Å². The summed E-state index contributed by atoms with van der Waals surface area (Å²) in [6.07, 6.45) is 0.235. The summed E-state index contributed by atoms with van der Waals surface area (Å²) in [4.78, 5) is 26.5. The number of benzene rings is 3. The van der Waals surface area contributed by atoms with Gasteiger partial charge in [-0.2, -0.15) is 0 Å². The first kappa shape index (κ1) is 23.7. The first-order valence-corrected chi connectivity index (χ1v) is 12.2. The molecule has 0 saturated carbocycles. The molecular weight excluding hydrogens is 485 g/mol. The fourth-order valence-corrected chi connectivity index (χ4v) is 5.33. The third-order valence-corrected chi connectivity index (χ3v) is 7.34. The fraction of sp³-hybridized carbons (Fsp3) is 0.167. The number of carbonyl (C=O) groups is 1. The molecule has 1 heterocycles. The highest BCUT2D eigenvalue weighted by Crippen LogP contribution is 2.29. The van der Waals surface area contributed by atoms with Crippen LogP contribution in [0.3, 0.4) is 0 Å². The Morgan fingerprint density at radius 2 is 1.88 bits per heavy atom. The first-order chi connectivity index (χ1) is 16.2. The molecular formula is C24H19ClFNO6S. The average Bonchev–Trinajstić information content (AvgIpc) is 2.80. The van der Waals surface area contributed by atoms with Gasteiger partial charge in [0, 0.05) is 11.6 Å². The Labute approximate surface area is 199 Å². The van der Waals surface area contributed by atoms with Crippen molar-refractivity contribution in [2.24, 2.45) is 0 Å². The number of carbonyl (C=O) groups excluding carboxylic acids is 1. The zero-order valence-electron chi connectivity index (χ0n) is 18.2. The minimum absolute atomic E-state index is 0.0781. The van der Waals surface area contributed by atoms with Crippen molar-refractivity contribution in [2.45, 2.75) is 13.3 Å². The van der Waals surface area contributed by atoms with E-state index in [0.29, 0.717) is 4.31 Å². The van der Waals surface area contributed by atoms with E-state index < -0.39 is 27.2 Å². The second-order valence-corrected chi connectivity index (χ2v) is 9.81. The number of hydrogen-bond acceptors (Lipinski definition) is 6. The molecule has 4 aromatic rings. The molecule has 10 heteroatoms. The summed E-state index contributed by atoms with van der Waals surface area (Å²) in [7, 11) is -2.89. The third kappa shape index (κ3) is 4.12. The summed E-state index contributed by atoms with van der Waals surface area (Å²) >= 11 is 6.14. The van der Waals surface area contributed by atoms with Gasteiger partial charge in [-0.1, -0.05) is 24.6 Å². The van der Waals surface area contributed by atoms with Gasteiger partial charge >= 0.3 is 0 Å². The molecule has 0 unspecified atom stereocenters. The predicted octanol–water partition coefficient (Wildman–Crippen LogP) is 5.13. The van der Waals surface area contributed by atoms with Crippen molar-refractivity contribution in [2.75, 3.05) is 17.2 Å². The summed E-state index contributed by atoms with van der Waals surface area (Å²) in [6, 6.07) is 12.1. The molecule has 3 aromatic carbocycles. The Hall–Kier alpha value is -3.43. The lowest BCUT2D eigenvalue weighted by Gasteiger charge is -2.23. The van der Waals surface area contributed by atoms with E-state index in [1.807, 2.05) is 0 Å². The maximum absolute atomic E-state index is 14.4. The van der Waals surface area contributed by atoms with Crippen LogP contribution in [0.4, 0.5) is 10.1 Å². The smallest absolute Gasteiger partial charge is 0.272 e. The number of rotatable bonds is 6. The minimum Gasteiger partial charge on any atom is -0.494 e. The molecule has 34 heavy (non-hydrogen) atoms. The van der Waals surface area contributed by atoms with Gasteiger partial charge in [0.1, 0.15) is 5.58 Å². The third-order valence-electron chi connectivity index (χ3n) is 5.19. The van der Waals surface area contributed by atoms with Crippen molar-refractivity contribution in [3.63, 3.8) is 0 Å². The fourth-order valence-electron chi connectivity index (χ4n) is 3.63. The maximum Gasteiger partial charge on any atom is 0.272 e. The van der Waals surface area contributed by atoms with Crippen LogP contribution in [0.15, 0.2) is 63.8 Å².